The van der Waals surface area contributed by atoms with Gasteiger partial charge in [0.05, 0.1) is 19.8 Å². The molecule has 90 valence electrons. The summed E-state index contributed by atoms with van der Waals surface area (Å²) in [6.07, 6.45) is 0.0772. The summed E-state index contributed by atoms with van der Waals surface area (Å²) in [4.78, 5) is 4.50. The molecule has 1 aliphatic rings. The Morgan fingerprint density at radius 1 is 1.13 bits per heavy atom. The minimum atomic E-state index is 0.0772. The molecule has 1 heterocycles. The first kappa shape index (κ1) is 12.9. The molecule has 1 atom stereocenters. The zero-order valence-corrected chi connectivity index (χ0v) is 9.43. The Hall–Kier alpha value is -0.200. The van der Waals surface area contributed by atoms with Crippen LogP contribution in [0.15, 0.2) is 0 Å². The van der Waals surface area contributed by atoms with Gasteiger partial charge in [-0.1, -0.05) is 0 Å². The molecule has 0 bridgehead atoms. The lowest BCUT2D eigenvalue weighted by Gasteiger charge is -2.37. The molecule has 0 saturated carbocycles. The number of piperazine rings is 1. The van der Waals surface area contributed by atoms with Crippen molar-refractivity contribution in [3.63, 3.8) is 0 Å². The largest absolute Gasteiger partial charge is 0.395 e. The van der Waals surface area contributed by atoms with Crippen LogP contribution in [0.25, 0.3) is 0 Å². The van der Waals surface area contributed by atoms with Gasteiger partial charge in [-0.25, -0.2) is 0 Å². The number of nitrogens with zero attached hydrogens (tertiary/aromatic N) is 2. The molecule has 0 aromatic rings. The van der Waals surface area contributed by atoms with Crippen molar-refractivity contribution in [1.29, 1.82) is 0 Å². The van der Waals surface area contributed by atoms with Gasteiger partial charge in [0.15, 0.2) is 0 Å². The Morgan fingerprint density at radius 3 is 2.33 bits per heavy atom. The van der Waals surface area contributed by atoms with Crippen LogP contribution in [-0.2, 0) is 4.74 Å². The van der Waals surface area contributed by atoms with Crippen molar-refractivity contribution in [2.24, 2.45) is 0 Å². The molecule has 15 heavy (non-hydrogen) atoms. The second-order valence-electron chi connectivity index (χ2n) is 3.79. The van der Waals surface area contributed by atoms with Gasteiger partial charge in [0.1, 0.15) is 6.23 Å². The van der Waals surface area contributed by atoms with E-state index in [0.717, 1.165) is 32.7 Å². The van der Waals surface area contributed by atoms with Crippen LogP contribution < -0.4 is 0 Å². The number of rotatable bonds is 6. The van der Waals surface area contributed by atoms with Gasteiger partial charge in [-0.15, -0.1) is 0 Å². The smallest absolute Gasteiger partial charge is 0.107 e. The molecule has 1 unspecified atom stereocenters. The van der Waals surface area contributed by atoms with E-state index >= 15 is 0 Å². The predicted molar refractivity (Wildman–Crippen MR) is 57.6 cm³/mol. The highest BCUT2D eigenvalue weighted by Crippen LogP contribution is 2.06. The molecule has 1 aliphatic heterocycles. The van der Waals surface area contributed by atoms with Crippen molar-refractivity contribution in [1.82, 2.24) is 9.80 Å². The third-order valence-electron chi connectivity index (χ3n) is 2.79. The monoisotopic (exact) mass is 218 g/mol. The standard InChI is InChI=1S/C10H22N2O3/c1-10(15-9-8-14)12-4-2-11(3-5-12)6-7-13/h10,13-14H,2-9H2,1H3. The Balaban J connectivity index is 2.18. The summed E-state index contributed by atoms with van der Waals surface area (Å²) in [5, 5.41) is 17.4. The highest BCUT2D eigenvalue weighted by molar-refractivity contribution is 4.72. The van der Waals surface area contributed by atoms with Gasteiger partial charge >= 0.3 is 0 Å². The fourth-order valence-corrected chi connectivity index (χ4v) is 1.82. The topological polar surface area (TPSA) is 56.2 Å². The Labute approximate surface area is 91.2 Å². The molecular formula is C10H22N2O3. The summed E-state index contributed by atoms with van der Waals surface area (Å²) >= 11 is 0. The molecule has 1 saturated heterocycles. The second-order valence-corrected chi connectivity index (χ2v) is 3.79. The van der Waals surface area contributed by atoms with Gasteiger partial charge in [-0.05, 0) is 6.92 Å². The fraction of sp³-hybridized carbons (Fsp3) is 1.00. The van der Waals surface area contributed by atoms with Crippen molar-refractivity contribution in [2.45, 2.75) is 13.2 Å². The minimum absolute atomic E-state index is 0.0772. The van der Waals surface area contributed by atoms with Gasteiger partial charge in [0, 0.05) is 32.7 Å². The number of hydrogen-bond donors (Lipinski definition) is 2. The number of hydrogen-bond acceptors (Lipinski definition) is 5. The summed E-state index contributed by atoms with van der Waals surface area (Å²) in [6, 6.07) is 0. The number of ether oxygens (including phenoxy) is 1. The molecule has 0 aromatic heterocycles. The molecule has 0 radical (unpaired) electrons. The highest BCUT2D eigenvalue weighted by Gasteiger charge is 2.20. The van der Waals surface area contributed by atoms with E-state index in [1.807, 2.05) is 6.92 Å². The maximum absolute atomic E-state index is 8.80. The zero-order chi connectivity index (χ0) is 11.1. The first-order valence-corrected chi connectivity index (χ1v) is 5.57. The normalized spacial score (nSPS) is 21.8. The average Bonchev–Trinajstić information content (AvgIpc) is 2.27. The summed E-state index contributed by atoms with van der Waals surface area (Å²) in [7, 11) is 0. The number of aliphatic hydroxyl groups excluding tert-OH is 2. The molecule has 0 aromatic carbocycles. The Kier molecular flexibility index (Phi) is 6.12. The van der Waals surface area contributed by atoms with Crippen molar-refractivity contribution in [3.05, 3.63) is 0 Å². The highest BCUT2D eigenvalue weighted by atomic mass is 16.5. The average molecular weight is 218 g/mol. The molecule has 1 rings (SSSR count). The number of aliphatic hydroxyl groups is 2. The molecule has 5 nitrogen and oxygen atoms in total. The van der Waals surface area contributed by atoms with Gasteiger partial charge in [0.2, 0.25) is 0 Å². The van der Waals surface area contributed by atoms with Crippen molar-refractivity contribution in [2.75, 3.05) is 52.5 Å². The Bertz CT molecular complexity index is 161. The maximum Gasteiger partial charge on any atom is 0.107 e. The molecule has 5 heteroatoms. The lowest BCUT2D eigenvalue weighted by atomic mass is 10.3. The molecule has 0 aliphatic carbocycles. The molecule has 0 spiro atoms. The molecule has 0 amide bonds. The van der Waals surface area contributed by atoms with Crippen molar-refractivity contribution >= 4 is 0 Å². The van der Waals surface area contributed by atoms with Crippen molar-refractivity contribution < 1.29 is 14.9 Å². The summed E-state index contributed by atoms with van der Waals surface area (Å²) in [5.74, 6) is 0. The molecule has 1 fully saturated rings. The zero-order valence-electron chi connectivity index (χ0n) is 9.43. The van der Waals surface area contributed by atoms with E-state index in [4.69, 9.17) is 14.9 Å². The lowest BCUT2D eigenvalue weighted by molar-refractivity contribution is -0.0739. The summed E-state index contributed by atoms with van der Waals surface area (Å²) in [5.41, 5.74) is 0. The van der Waals surface area contributed by atoms with Crippen molar-refractivity contribution in [3.8, 4) is 0 Å². The van der Waals surface area contributed by atoms with Crippen LogP contribution >= 0.6 is 0 Å². The van der Waals surface area contributed by atoms with Crippen LogP contribution in [0.5, 0.6) is 0 Å². The third kappa shape index (κ3) is 4.44. The van der Waals surface area contributed by atoms with E-state index in [9.17, 15) is 0 Å². The van der Waals surface area contributed by atoms with Crippen LogP contribution in [0.3, 0.4) is 0 Å². The lowest BCUT2D eigenvalue weighted by Crippen LogP contribution is -2.50. The van der Waals surface area contributed by atoms with Crippen LogP contribution in [-0.4, -0.2) is 78.8 Å². The molecule has 2 N–H and O–H groups in total. The van der Waals surface area contributed by atoms with Gasteiger partial charge in [0.25, 0.3) is 0 Å². The minimum Gasteiger partial charge on any atom is -0.395 e. The van der Waals surface area contributed by atoms with Crippen LogP contribution in [0, 0.1) is 0 Å². The van der Waals surface area contributed by atoms with E-state index < -0.39 is 0 Å². The quantitative estimate of drug-likeness (QED) is 0.596. The van der Waals surface area contributed by atoms with E-state index in [1.54, 1.807) is 0 Å². The fourth-order valence-electron chi connectivity index (χ4n) is 1.82. The predicted octanol–water partition coefficient (Wildman–Crippen LogP) is -1.05. The third-order valence-corrected chi connectivity index (χ3v) is 2.79. The number of β-amino-alcohol motifs (C(OH)–C–C–N with tert-alkyl or cyclic N) is 1. The first-order valence-electron chi connectivity index (χ1n) is 5.57. The van der Waals surface area contributed by atoms with Gasteiger partial charge < -0.3 is 14.9 Å². The Morgan fingerprint density at radius 2 is 1.80 bits per heavy atom. The first-order chi connectivity index (χ1) is 7.27. The van der Waals surface area contributed by atoms with Gasteiger partial charge in [-0.3, -0.25) is 9.80 Å². The summed E-state index contributed by atoms with van der Waals surface area (Å²) < 4.78 is 5.43. The van der Waals surface area contributed by atoms with Crippen LogP contribution in [0.4, 0.5) is 0 Å². The maximum atomic E-state index is 8.80. The van der Waals surface area contributed by atoms with E-state index in [2.05, 4.69) is 9.80 Å². The van der Waals surface area contributed by atoms with E-state index in [1.165, 1.54) is 0 Å². The van der Waals surface area contributed by atoms with E-state index in [0.29, 0.717) is 6.61 Å². The van der Waals surface area contributed by atoms with Crippen LogP contribution in [0.2, 0.25) is 0 Å². The SMILES string of the molecule is CC(OCCO)N1CCN(CCO)CC1. The molecular weight excluding hydrogens is 196 g/mol. The van der Waals surface area contributed by atoms with Crippen LogP contribution in [0.1, 0.15) is 6.92 Å². The second kappa shape index (κ2) is 7.14. The van der Waals surface area contributed by atoms with Gasteiger partial charge in [-0.2, -0.15) is 0 Å². The summed E-state index contributed by atoms with van der Waals surface area (Å²) in [6.45, 7) is 7.38. The van der Waals surface area contributed by atoms with E-state index in [-0.39, 0.29) is 19.4 Å².